The first-order chi connectivity index (χ1) is 10.2. The Morgan fingerprint density at radius 2 is 1.87 bits per heavy atom. The molecule has 0 bridgehead atoms. The molecule has 2 fully saturated rings. The van der Waals surface area contributed by atoms with Crippen LogP contribution in [0.5, 0.6) is 0 Å². The van der Waals surface area contributed by atoms with Crippen LogP contribution in [0.25, 0.3) is 0 Å². The lowest BCUT2D eigenvalue weighted by Gasteiger charge is -2.65. The zero-order chi connectivity index (χ0) is 16.5. The minimum atomic E-state index is -0.889. The first-order valence-corrected chi connectivity index (χ1v) is 8.19. The van der Waals surface area contributed by atoms with E-state index in [0.29, 0.717) is 13.1 Å². The molecule has 1 aliphatic carbocycles. The highest BCUT2D eigenvalue weighted by Gasteiger charge is 2.70. The molecule has 6 nitrogen and oxygen atoms in total. The van der Waals surface area contributed by atoms with Crippen LogP contribution >= 0.6 is 12.4 Å². The molecule has 1 aliphatic heterocycles. The predicted octanol–water partition coefficient (Wildman–Crippen LogP) is 0.829. The molecule has 2 aliphatic rings. The van der Waals surface area contributed by atoms with E-state index in [-0.39, 0.29) is 47.6 Å². The molecule has 2 amide bonds. The summed E-state index contributed by atoms with van der Waals surface area (Å²) in [5.74, 6) is -0.117. The third kappa shape index (κ3) is 3.35. The number of amides is 2. The van der Waals surface area contributed by atoms with Gasteiger partial charge in [0, 0.05) is 36.9 Å². The Bertz CT molecular complexity index is 456. The second-order valence-corrected chi connectivity index (χ2v) is 7.33. The molecule has 134 valence electrons. The van der Waals surface area contributed by atoms with Crippen LogP contribution in [-0.2, 0) is 14.3 Å². The summed E-state index contributed by atoms with van der Waals surface area (Å²) < 4.78 is 5.80. The molecule has 0 radical (unpaired) electrons. The van der Waals surface area contributed by atoms with Crippen molar-refractivity contribution in [3.8, 4) is 0 Å². The maximum absolute atomic E-state index is 12.6. The Kier molecular flexibility index (Phi) is 6.47. The Morgan fingerprint density at radius 1 is 1.26 bits per heavy atom. The molecule has 3 unspecified atom stereocenters. The monoisotopic (exact) mass is 347 g/mol. The van der Waals surface area contributed by atoms with Gasteiger partial charge in [0.2, 0.25) is 11.8 Å². The average molecular weight is 348 g/mol. The lowest BCUT2D eigenvalue weighted by Crippen LogP contribution is -2.82. The molecule has 4 N–H and O–H groups in total. The highest BCUT2D eigenvalue weighted by atomic mass is 35.5. The first-order valence-electron chi connectivity index (χ1n) is 8.19. The van der Waals surface area contributed by atoms with E-state index in [0.717, 1.165) is 19.4 Å². The number of fused-ring (bicyclic) bond motifs is 1. The number of hydrogen-bond acceptors (Lipinski definition) is 4. The number of nitrogens with one attached hydrogen (secondary N) is 2. The van der Waals surface area contributed by atoms with E-state index in [2.05, 4.69) is 10.6 Å². The van der Waals surface area contributed by atoms with Crippen LogP contribution in [0.2, 0.25) is 0 Å². The number of ether oxygens (including phenoxy) is 1. The van der Waals surface area contributed by atoms with Crippen LogP contribution in [0, 0.1) is 17.3 Å². The number of rotatable bonds is 5. The van der Waals surface area contributed by atoms with Crippen molar-refractivity contribution >= 4 is 24.2 Å². The second kappa shape index (κ2) is 7.36. The van der Waals surface area contributed by atoms with Crippen LogP contribution in [0.15, 0.2) is 0 Å². The van der Waals surface area contributed by atoms with Gasteiger partial charge in [-0.2, -0.15) is 0 Å². The molecule has 23 heavy (non-hydrogen) atoms. The van der Waals surface area contributed by atoms with Crippen molar-refractivity contribution in [1.82, 2.24) is 10.6 Å². The SMILES string of the molecule is CC(C)C(=O)NCCNC(=O)C1(N)C2CCCOC2C1(C)C.Cl. The first kappa shape index (κ1) is 20.2. The predicted molar refractivity (Wildman–Crippen MR) is 91.3 cm³/mol. The summed E-state index contributed by atoms with van der Waals surface area (Å²) >= 11 is 0. The van der Waals surface area contributed by atoms with E-state index >= 15 is 0 Å². The Hall–Kier alpha value is -0.850. The minimum absolute atomic E-state index is 0. The second-order valence-electron chi connectivity index (χ2n) is 7.33. The lowest BCUT2D eigenvalue weighted by molar-refractivity contribution is -0.225. The summed E-state index contributed by atoms with van der Waals surface area (Å²) in [6, 6.07) is 0. The van der Waals surface area contributed by atoms with Crippen molar-refractivity contribution in [1.29, 1.82) is 0 Å². The van der Waals surface area contributed by atoms with Gasteiger partial charge >= 0.3 is 0 Å². The van der Waals surface area contributed by atoms with Crippen LogP contribution < -0.4 is 16.4 Å². The van der Waals surface area contributed by atoms with Gasteiger partial charge in [-0.1, -0.05) is 27.7 Å². The quantitative estimate of drug-likeness (QED) is 0.642. The van der Waals surface area contributed by atoms with E-state index in [1.54, 1.807) is 0 Å². The zero-order valence-corrected chi connectivity index (χ0v) is 15.3. The highest BCUT2D eigenvalue weighted by Crippen LogP contribution is 2.57. The van der Waals surface area contributed by atoms with E-state index in [9.17, 15) is 9.59 Å². The van der Waals surface area contributed by atoms with E-state index in [1.165, 1.54) is 0 Å². The third-order valence-electron chi connectivity index (χ3n) is 5.29. The largest absolute Gasteiger partial charge is 0.377 e. The number of halogens is 1. The Morgan fingerprint density at radius 3 is 2.48 bits per heavy atom. The maximum atomic E-state index is 12.6. The van der Waals surface area contributed by atoms with E-state index in [4.69, 9.17) is 10.5 Å². The van der Waals surface area contributed by atoms with Gasteiger partial charge in [-0.05, 0) is 12.8 Å². The summed E-state index contributed by atoms with van der Waals surface area (Å²) in [5, 5.41) is 5.66. The molecule has 3 atom stereocenters. The standard InChI is InChI=1S/C16H29N3O3.ClH/c1-10(2)13(20)18-7-8-19-14(21)16(17)11-6-5-9-22-12(11)15(16,3)4;/h10-12H,5-9,17H2,1-4H3,(H,18,20)(H,19,21);1H. The molecule has 0 aromatic rings. The van der Waals surface area contributed by atoms with Crippen molar-refractivity contribution in [2.45, 2.75) is 52.2 Å². The lowest BCUT2D eigenvalue weighted by atomic mass is 9.46. The number of carbonyl (C=O) groups excluding carboxylic acids is 2. The van der Waals surface area contributed by atoms with E-state index in [1.807, 2.05) is 27.7 Å². The number of hydrogen-bond donors (Lipinski definition) is 3. The molecule has 2 rings (SSSR count). The van der Waals surface area contributed by atoms with Crippen molar-refractivity contribution < 1.29 is 14.3 Å². The molecule has 1 saturated carbocycles. The summed E-state index contributed by atoms with van der Waals surface area (Å²) in [4.78, 5) is 24.1. The van der Waals surface area contributed by atoms with Gasteiger partial charge in [-0.15, -0.1) is 12.4 Å². The van der Waals surface area contributed by atoms with E-state index < -0.39 is 5.54 Å². The Balaban J connectivity index is 0.00000264. The van der Waals surface area contributed by atoms with Gasteiger partial charge in [-0.25, -0.2) is 0 Å². The van der Waals surface area contributed by atoms with Crippen LogP contribution in [0.3, 0.4) is 0 Å². The number of carbonyl (C=O) groups is 2. The number of nitrogens with two attached hydrogens (primary N) is 1. The van der Waals surface area contributed by atoms with Gasteiger partial charge in [0.05, 0.1) is 6.10 Å². The minimum Gasteiger partial charge on any atom is -0.377 e. The van der Waals surface area contributed by atoms with Crippen LogP contribution in [-0.4, -0.2) is 43.2 Å². The molecule has 7 heteroatoms. The van der Waals surface area contributed by atoms with Crippen LogP contribution in [0.1, 0.15) is 40.5 Å². The van der Waals surface area contributed by atoms with Gasteiger partial charge in [0.1, 0.15) is 5.54 Å². The van der Waals surface area contributed by atoms with Crippen molar-refractivity contribution in [2.24, 2.45) is 23.0 Å². The summed E-state index contributed by atoms with van der Waals surface area (Å²) in [6.45, 7) is 9.24. The van der Waals surface area contributed by atoms with Gasteiger partial charge < -0.3 is 21.1 Å². The molecular weight excluding hydrogens is 318 g/mol. The normalized spacial score (nSPS) is 31.4. The zero-order valence-electron chi connectivity index (χ0n) is 14.5. The fourth-order valence-electron chi connectivity index (χ4n) is 3.75. The topological polar surface area (TPSA) is 93.5 Å². The Labute approximate surface area is 144 Å². The van der Waals surface area contributed by atoms with Crippen LogP contribution in [0.4, 0.5) is 0 Å². The van der Waals surface area contributed by atoms with Gasteiger partial charge in [0.15, 0.2) is 0 Å². The highest BCUT2D eigenvalue weighted by molar-refractivity contribution is 5.89. The smallest absolute Gasteiger partial charge is 0.241 e. The summed E-state index contributed by atoms with van der Waals surface area (Å²) in [5.41, 5.74) is 5.23. The molecule has 0 spiro atoms. The molecule has 1 heterocycles. The summed E-state index contributed by atoms with van der Waals surface area (Å²) in [6.07, 6.45) is 1.95. The third-order valence-corrected chi connectivity index (χ3v) is 5.29. The maximum Gasteiger partial charge on any atom is 0.241 e. The molecule has 0 aromatic heterocycles. The van der Waals surface area contributed by atoms with Gasteiger partial charge in [-0.3, -0.25) is 9.59 Å². The average Bonchev–Trinajstić information content (AvgIpc) is 2.49. The van der Waals surface area contributed by atoms with Crippen molar-refractivity contribution in [3.63, 3.8) is 0 Å². The molecular formula is C16H30ClN3O3. The molecule has 1 saturated heterocycles. The summed E-state index contributed by atoms with van der Waals surface area (Å²) in [7, 11) is 0. The van der Waals surface area contributed by atoms with Gasteiger partial charge in [0.25, 0.3) is 0 Å². The van der Waals surface area contributed by atoms with Crippen molar-refractivity contribution in [3.05, 3.63) is 0 Å². The fourth-order valence-corrected chi connectivity index (χ4v) is 3.75. The molecule has 0 aromatic carbocycles. The van der Waals surface area contributed by atoms with Crippen molar-refractivity contribution in [2.75, 3.05) is 19.7 Å². The fraction of sp³-hybridized carbons (Fsp3) is 0.875.